The molecule has 0 aliphatic heterocycles. The Morgan fingerprint density at radius 1 is 1.22 bits per heavy atom. The maximum absolute atomic E-state index is 12.3. The van der Waals surface area contributed by atoms with Crippen LogP contribution >= 0.6 is 23.1 Å². The van der Waals surface area contributed by atoms with Crippen molar-refractivity contribution in [1.82, 2.24) is 10.2 Å². The SMILES string of the molecule is CCC(=O)N(c1nnc(SCC(=O)Nc2c(C)cc(C)cc2C)s1)C1CC1. The molecule has 1 aromatic heterocycles. The molecule has 1 N–H and O–H groups in total. The van der Waals surface area contributed by atoms with Crippen molar-refractivity contribution in [2.45, 2.75) is 57.3 Å². The highest BCUT2D eigenvalue weighted by Crippen LogP contribution is 2.36. The maximum Gasteiger partial charge on any atom is 0.234 e. The van der Waals surface area contributed by atoms with Crippen molar-refractivity contribution in [3.63, 3.8) is 0 Å². The van der Waals surface area contributed by atoms with Crippen molar-refractivity contribution in [3.8, 4) is 0 Å². The lowest BCUT2D eigenvalue weighted by atomic mass is 10.1. The number of amides is 2. The topological polar surface area (TPSA) is 75.2 Å². The van der Waals surface area contributed by atoms with E-state index in [1.54, 1.807) is 4.90 Å². The van der Waals surface area contributed by atoms with Gasteiger partial charge in [0.15, 0.2) is 4.34 Å². The van der Waals surface area contributed by atoms with Crippen LogP contribution in [0.2, 0.25) is 0 Å². The van der Waals surface area contributed by atoms with Crippen molar-refractivity contribution in [2.75, 3.05) is 16.0 Å². The Bertz CT molecular complexity index is 838. The minimum atomic E-state index is -0.0736. The molecule has 2 amide bonds. The number of aromatic nitrogens is 2. The number of hydrogen-bond acceptors (Lipinski definition) is 6. The van der Waals surface area contributed by atoms with Crippen LogP contribution in [0, 0.1) is 20.8 Å². The Morgan fingerprint density at radius 2 is 1.89 bits per heavy atom. The molecular formula is C19H24N4O2S2. The second kappa shape index (κ2) is 8.39. The van der Waals surface area contributed by atoms with Crippen LogP contribution in [0.3, 0.4) is 0 Å². The number of carbonyl (C=O) groups is 2. The number of thioether (sulfide) groups is 1. The molecule has 8 heteroatoms. The lowest BCUT2D eigenvalue weighted by Crippen LogP contribution is -2.32. The molecule has 144 valence electrons. The van der Waals surface area contributed by atoms with Crippen LogP contribution in [-0.4, -0.2) is 33.8 Å². The normalized spacial score (nSPS) is 13.5. The molecule has 2 aromatic rings. The average Bonchev–Trinajstić information content (AvgIpc) is 3.34. The number of hydrogen-bond donors (Lipinski definition) is 1. The molecule has 0 atom stereocenters. The fourth-order valence-electron chi connectivity index (χ4n) is 3.01. The molecule has 1 aliphatic carbocycles. The van der Waals surface area contributed by atoms with Crippen LogP contribution in [0.25, 0.3) is 0 Å². The molecule has 0 bridgehead atoms. The minimum absolute atomic E-state index is 0.0736. The van der Waals surface area contributed by atoms with Gasteiger partial charge in [0.1, 0.15) is 0 Å². The van der Waals surface area contributed by atoms with Crippen LogP contribution in [0.5, 0.6) is 0 Å². The molecule has 0 unspecified atom stereocenters. The van der Waals surface area contributed by atoms with Crippen LogP contribution in [0.15, 0.2) is 16.5 Å². The van der Waals surface area contributed by atoms with Crippen LogP contribution < -0.4 is 10.2 Å². The molecule has 0 spiro atoms. The standard InChI is InChI=1S/C19H24N4O2S2/c1-5-16(25)23(14-6-7-14)18-21-22-19(27-18)26-10-15(24)20-17-12(3)8-11(2)9-13(17)4/h8-9,14H,5-7,10H2,1-4H3,(H,20,24). The van der Waals surface area contributed by atoms with Gasteiger partial charge in [-0.25, -0.2) is 0 Å². The van der Waals surface area contributed by atoms with E-state index in [9.17, 15) is 9.59 Å². The summed E-state index contributed by atoms with van der Waals surface area (Å²) >= 11 is 2.72. The zero-order valence-electron chi connectivity index (χ0n) is 16.0. The minimum Gasteiger partial charge on any atom is -0.325 e. The zero-order chi connectivity index (χ0) is 19.6. The number of nitrogens with one attached hydrogen (secondary N) is 1. The van der Waals surface area contributed by atoms with E-state index < -0.39 is 0 Å². The number of rotatable bonds is 7. The Labute approximate surface area is 167 Å². The molecular weight excluding hydrogens is 380 g/mol. The van der Waals surface area contributed by atoms with Gasteiger partial charge in [-0.15, -0.1) is 10.2 Å². The number of aryl methyl sites for hydroxylation is 3. The van der Waals surface area contributed by atoms with Crippen molar-refractivity contribution in [2.24, 2.45) is 0 Å². The summed E-state index contributed by atoms with van der Waals surface area (Å²) in [5.41, 5.74) is 4.17. The van der Waals surface area contributed by atoms with E-state index in [0.717, 1.165) is 29.7 Å². The second-order valence-corrected chi connectivity index (χ2v) is 8.99. The van der Waals surface area contributed by atoms with Gasteiger partial charge in [-0.1, -0.05) is 47.7 Å². The van der Waals surface area contributed by atoms with Gasteiger partial charge in [0.25, 0.3) is 0 Å². The summed E-state index contributed by atoms with van der Waals surface area (Å²) in [6.45, 7) is 7.89. The number of nitrogens with zero attached hydrogens (tertiary/aromatic N) is 3. The quantitative estimate of drug-likeness (QED) is 0.555. The lowest BCUT2D eigenvalue weighted by Gasteiger charge is -2.17. The molecule has 1 fully saturated rings. The molecule has 1 aliphatic rings. The second-order valence-electron chi connectivity index (χ2n) is 6.81. The predicted molar refractivity (Wildman–Crippen MR) is 111 cm³/mol. The highest BCUT2D eigenvalue weighted by Gasteiger charge is 2.35. The van der Waals surface area contributed by atoms with E-state index in [-0.39, 0.29) is 23.6 Å². The van der Waals surface area contributed by atoms with Gasteiger partial charge in [-0.05, 0) is 44.7 Å². The third-order valence-electron chi connectivity index (χ3n) is 4.35. The first-order valence-electron chi connectivity index (χ1n) is 9.05. The molecule has 6 nitrogen and oxygen atoms in total. The largest absolute Gasteiger partial charge is 0.325 e. The average molecular weight is 405 g/mol. The Morgan fingerprint density at radius 3 is 2.48 bits per heavy atom. The van der Waals surface area contributed by atoms with Gasteiger partial charge >= 0.3 is 0 Å². The lowest BCUT2D eigenvalue weighted by molar-refractivity contribution is -0.118. The Hall–Kier alpha value is -1.93. The van der Waals surface area contributed by atoms with E-state index in [0.29, 0.717) is 15.9 Å². The molecule has 0 radical (unpaired) electrons. The first-order chi connectivity index (χ1) is 12.9. The summed E-state index contributed by atoms with van der Waals surface area (Å²) in [4.78, 5) is 26.3. The monoisotopic (exact) mass is 404 g/mol. The van der Waals surface area contributed by atoms with E-state index in [1.165, 1.54) is 28.7 Å². The van der Waals surface area contributed by atoms with Gasteiger partial charge in [0.05, 0.1) is 5.75 Å². The maximum atomic E-state index is 12.3. The van der Waals surface area contributed by atoms with E-state index in [4.69, 9.17) is 0 Å². The molecule has 1 saturated carbocycles. The smallest absolute Gasteiger partial charge is 0.234 e. The van der Waals surface area contributed by atoms with Crippen molar-refractivity contribution in [1.29, 1.82) is 0 Å². The number of anilines is 2. The Balaban J connectivity index is 1.60. The summed E-state index contributed by atoms with van der Waals surface area (Å²) in [6, 6.07) is 4.38. The molecule has 27 heavy (non-hydrogen) atoms. The van der Waals surface area contributed by atoms with Gasteiger partial charge in [-0.2, -0.15) is 0 Å². The van der Waals surface area contributed by atoms with Crippen LogP contribution in [0.1, 0.15) is 42.9 Å². The first kappa shape index (κ1) is 19.8. The van der Waals surface area contributed by atoms with Crippen molar-refractivity contribution >= 4 is 45.7 Å². The number of benzene rings is 1. The summed E-state index contributed by atoms with van der Waals surface area (Å²) in [6.07, 6.45) is 2.49. The summed E-state index contributed by atoms with van der Waals surface area (Å²) in [5, 5.41) is 11.9. The molecule has 3 rings (SSSR count). The third-order valence-corrected chi connectivity index (χ3v) is 6.41. The fourth-order valence-corrected chi connectivity index (χ4v) is 4.74. The number of carbonyl (C=O) groups excluding carboxylic acids is 2. The van der Waals surface area contributed by atoms with E-state index >= 15 is 0 Å². The highest BCUT2D eigenvalue weighted by atomic mass is 32.2. The molecule has 1 aromatic carbocycles. The van der Waals surface area contributed by atoms with E-state index in [1.807, 2.05) is 27.7 Å². The van der Waals surface area contributed by atoms with Gasteiger partial charge < -0.3 is 5.32 Å². The molecule has 1 heterocycles. The zero-order valence-corrected chi connectivity index (χ0v) is 17.7. The van der Waals surface area contributed by atoms with Crippen LogP contribution in [-0.2, 0) is 9.59 Å². The van der Waals surface area contributed by atoms with Crippen molar-refractivity contribution in [3.05, 3.63) is 28.8 Å². The van der Waals surface area contributed by atoms with Gasteiger partial charge in [0.2, 0.25) is 16.9 Å². The summed E-state index contributed by atoms with van der Waals surface area (Å²) in [7, 11) is 0. The predicted octanol–water partition coefficient (Wildman–Crippen LogP) is 4.10. The third kappa shape index (κ3) is 4.87. The van der Waals surface area contributed by atoms with E-state index in [2.05, 4.69) is 27.6 Å². The van der Waals surface area contributed by atoms with Crippen LogP contribution in [0.4, 0.5) is 10.8 Å². The van der Waals surface area contributed by atoms with Gasteiger partial charge in [0, 0.05) is 18.2 Å². The Kier molecular flexibility index (Phi) is 6.16. The van der Waals surface area contributed by atoms with Gasteiger partial charge in [-0.3, -0.25) is 14.5 Å². The van der Waals surface area contributed by atoms with Crippen molar-refractivity contribution < 1.29 is 9.59 Å². The summed E-state index contributed by atoms with van der Waals surface area (Å²) < 4.78 is 0.701. The fraction of sp³-hybridized carbons (Fsp3) is 0.474. The first-order valence-corrected chi connectivity index (χ1v) is 10.8. The highest BCUT2D eigenvalue weighted by molar-refractivity contribution is 8.01. The summed E-state index contributed by atoms with van der Waals surface area (Å²) in [5.74, 6) is 0.260. The molecule has 0 saturated heterocycles.